The van der Waals surface area contributed by atoms with Gasteiger partial charge in [-0.05, 0) is 64.3 Å². The van der Waals surface area contributed by atoms with Crippen LogP contribution < -0.4 is 10.2 Å². The van der Waals surface area contributed by atoms with Gasteiger partial charge in [-0.15, -0.1) is 12.4 Å². The Morgan fingerprint density at radius 1 is 1.00 bits per heavy atom. The van der Waals surface area contributed by atoms with E-state index in [9.17, 15) is 4.79 Å². The summed E-state index contributed by atoms with van der Waals surface area (Å²) in [4.78, 5) is 25.6. The first kappa shape index (κ1) is 27.0. The highest BCUT2D eigenvalue weighted by Crippen LogP contribution is 2.33. The van der Waals surface area contributed by atoms with Gasteiger partial charge in [-0.1, -0.05) is 42.8 Å². The summed E-state index contributed by atoms with van der Waals surface area (Å²) in [5.74, 6) is -0.0353. The van der Waals surface area contributed by atoms with E-state index in [1.807, 2.05) is 18.2 Å². The van der Waals surface area contributed by atoms with Gasteiger partial charge < -0.3 is 19.5 Å². The van der Waals surface area contributed by atoms with E-state index in [0.29, 0.717) is 34.8 Å². The summed E-state index contributed by atoms with van der Waals surface area (Å²) in [5, 5.41) is 3.34. The molecular weight excluding hydrogens is 498 g/mol. The molecule has 1 aromatic heterocycles. The number of halogens is 1. The summed E-state index contributed by atoms with van der Waals surface area (Å²) in [6.45, 7) is 7.27. The first-order valence-electron chi connectivity index (χ1n) is 13.9. The molecule has 0 aliphatic carbocycles. The Morgan fingerprint density at radius 2 is 1.68 bits per heavy atom. The van der Waals surface area contributed by atoms with Crippen LogP contribution in [0.1, 0.15) is 61.9 Å². The molecule has 3 aliphatic rings. The largest absolute Gasteiger partial charge is 0.423 e. The fourth-order valence-corrected chi connectivity index (χ4v) is 7.01. The van der Waals surface area contributed by atoms with Gasteiger partial charge in [-0.3, -0.25) is 9.69 Å². The van der Waals surface area contributed by atoms with Crippen LogP contribution in [-0.4, -0.2) is 71.0 Å². The quantitative estimate of drug-likeness (QED) is 0.489. The van der Waals surface area contributed by atoms with Gasteiger partial charge in [0, 0.05) is 49.8 Å². The Labute approximate surface area is 232 Å². The zero-order valence-electron chi connectivity index (χ0n) is 22.7. The molecule has 38 heavy (non-hydrogen) atoms. The van der Waals surface area contributed by atoms with Gasteiger partial charge in [0.1, 0.15) is 5.52 Å². The Morgan fingerprint density at radius 3 is 2.37 bits per heavy atom. The molecule has 6 rings (SSSR count). The maximum atomic E-state index is 13.4. The van der Waals surface area contributed by atoms with Gasteiger partial charge >= 0.3 is 0 Å². The number of rotatable bonds is 5. The molecule has 4 heterocycles. The second-order valence-corrected chi connectivity index (χ2v) is 11.5. The number of aromatic nitrogens is 1. The standard InChI is InChI=1S/C30H39N5O2.ClH/c1-20-17-34(19-22-9-5-4-6-10-22)18-21(2)35(20)30-32-28-26(13-8-14-27(28)37-30)29(36)31-23-15-24-11-7-12-25(16-23)33(24)3;/h4-6,8-10,13-14,20-21,23-25H,7,11-12,15-19H2,1-3H3,(H,31,36);1H/t20-,21-,23?,24?,25?;/m0./s1. The van der Waals surface area contributed by atoms with Crippen LogP contribution in [0.2, 0.25) is 0 Å². The van der Waals surface area contributed by atoms with Crippen molar-refractivity contribution in [2.24, 2.45) is 0 Å². The van der Waals surface area contributed by atoms with Crippen LogP contribution in [0.5, 0.6) is 0 Å². The fraction of sp³-hybridized carbons (Fsp3) is 0.533. The van der Waals surface area contributed by atoms with Gasteiger partial charge in [0.05, 0.1) is 5.56 Å². The molecule has 2 unspecified atom stereocenters. The molecule has 2 bridgehead atoms. The van der Waals surface area contributed by atoms with Gasteiger partial charge in [0.15, 0.2) is 5.58 Å². The first-order chi connectivity index (χ1) is 18.0. The monoisotopic (exact) mass is 537 g/mol. The lowest BCUT2D eigenvalue weighted by Crippen LogP contribution is -2.56. The van der Waals surface area contributed by atoms with E-state index in [2.05, 4.69) is 71.2 Å². The Balaban J connectivity index is 0.00000294. The number of carbonyl (C=O) groups excluding carboxylic acids is 1. The maximum Gasteiger partial charge on any atom is 0.298 e. The number of anilines is 1. The summed E-state index contributed by atoms with van der Waals surface area (Å²) in [6.07, 6.45) is 5.83. The fourth-order valence-electron chi connectivity index (χ4n) is 7.01. The smallest absolute Gasteiger partial charge is 0.298 e. The Kier molecular flexibility index (Phi) is 7.98. The van der Waals surface area contributed by atoms with Crippen LogP contribution in [0.3, 0.4) is 0 Å². The van der Waals surface area contributed by atoms with E-state index in [1.54, 1.807) is 0 Å². The number of piperidine rings is 2. The van der Waals surface area contributed by atoms with Crippen molar-refractivity contribution >= 4 is 35.4 Å². The molecule has 3 aliphatic heterocycles. The van der Waals surface area contributed by atoms with Crippen molar-refractivity contribution in [1.82, 2.24) is 20.1 Å². The number of carbonyl (C=O) groups is 1. The summed E-state index contributed by atoms with van der Waals surface area (Å²) < 4.78 is 6.27. The van der Waals surface area contributed by atoms with Crippen LogP contribution in [0, 0.1) is 0 Å². The molecular formula is C30H40ClN5O2. The predicted molar refractivity (Wildman–Crippen MR) is 154 cm³/mol. The molecule has 2 aromatic carbocycles. The van der Waals surface area contributed by atoms with Gasteiger partial charge in [0.25, 0.3) is 11.9 Å². The number of hydrogen-bond donors (Lipinski definition) is 1. The number of hydrogen-bond acceptors (Lipinski definition) is 6. The minimum atomic E-state index is -0.0353. The summed E-state index contributed by atoms with van der Waals surface area (Å²) in [5.41, 5.74) is 3.28. The highest BCUT2D eigenvalue weighted by molar-refractivity contribution is 6.04. The normalized spacial score (nSPS) is 28.2. The topological polar surface area (TPSA) is 64.8 Å². The number of amides is 1. The molecule has 0 saturated carbocycles. The van der Waals surface area contributed by atoms with E-state index in [1.165, 1.54) is 24.8 Å². The third-order valence-electron chi connectivity index (χ3n) is 8.79. The molecule has 8 heteroatoms. The lowest BCUT2D eigenvalue weighted by molar-refractivity contribution is 0.0463. The average Bonchev–Trinajstić information content (AvgIpc) is 3.28. The number of nitrogens with zero attached hydrogens (tertiary/aromatic N) is 4. The molecule has 0 radical (unpaired) electrons. The molecule has 1 amide bonds. The Hall–Kier alpha value is -2.61. The van der Waals surface area contributed by atoms with Gasteiger partial charge in [0.2, 0.25) is 0 Å². The highest BCUT2D eigenvalue weighted by Gasteiger charge is 2.37. The third-order valence-corrected chi connectivity index (χ3v) is 8.79. The van der Waals surface area contributed by atoms with Crippen molar-refractivity contribution in [1.29, 1.82) is 0 Å². The Bertz CT molecular complexity index is 1220. The lowest BCUT2D eigenvalue weighted by Gasteiger charge is -2.47. The van der Waals surface area contributed by atoms with Gasteiger partial charge in [-0.2, -0.15) is 4.98 Å². The minimum Gasteiger partial charge on any atom is -0.423 e. The SMILES string of the molecule is C[C@H]1CN(Cc2ccccc2)C[C@H](C)N1c1nc2c(C(=O)NC3CC4CCCC(C3)N4C)cccc2o1.Cl. The molecule has 4 atom stereocenters. The maximum absolute atomic E-state index is 13.4. The summed E-state index contributed by atoms with van der Waals surface area (Å²) >= 11 is 0. The number of fused-ring (bicyclic) bond motifs is 3. The zero-order chi connectivity index (χ0) is 25.5. The van der Waals surface area contributed by atoms with Crippen molar-refractivity contribution in [3.05, 3.63) is 59.7 Å². The van der Waals surface area contributed by atoms with Crippen molar-refractivity contribution in [3.63, 3.8) is 0 Å². The van der Waals surface area contributed by atoms with Crippen LogP contribution in [0.15, 0.2) is 52.9 Å². The molecule has 3 fully saturated rings. The van der Waals surface area contributed by atoms with Crippen LogP contribution in [-0.2, 0) is 6.54 Å². The zero-order valence-corrected chi connectivity index (χ0v) is 23.5. The second-order valence-electron chi connectivity index (χ2n) is 11.5. The van der Waals surface area contributed by atoms with Crippen LogP contribution in [0.4, 0.5) is 6.01 Å². The second kappa shape index (κ2) is 11.2. The van der Waals surface area contributed by atoms with Crippen molar-refractivity contribution in [3.8, 4) is 0 Å². The molecule has 0 spiro atoms. The van der Waals surface area contributed by atoms with E-state index in [4.69, 9.17) is 9.40 Å². The predicted octanol–water partition coefficient (Wildman–Crippen LogP) is 5.09. The van der Waals surface area contributed by atoms with E-state index in [-0.39, 0.29) is 36.4 Å². The van der Waals surface area contributed by atoms with Crippen molar-refractivity contribution in [2.75, 3.05) is 25.0 Å². The lowest BCUT2D eigenvalue weighted by atomic mass is 9.82. The third kappa shape index (κ3) is 5.29. The minimum absolute atomic E-state index is 0. The van der Waals surface area contributed by atoms with Crippen LogP contribution >= 0.6 is 12.4 Å². The number of oxazole rings is 1. The molecule has 204 valence electrons. The molecule has 3 saturated heterocycles. The van der Waals surface area contributed by atoms with Crippen molar-refractivity contribution < 1.29 is 9.21 Å². The summed E-state index contributed by atoms with van der Waals surface area (Å²) in [6, 6.07) is 18.8. The first-order valence-corrected chi connectivity index (χ1v) is 13.9. The molecule has 1 N–H and O–H groups in total. The number of piperazine rings is 1. The number of para-hydroxylation sites is 1. The van der Waals surface area contributed by atoms with E-state index in [0.717, 1.165) is 32.5 Å². The molecule has 3 aromatic rings. The van der Waals surface area contributed by atoms with Crippen LogP contribution in [0.25, 0.3) is 11.1 Å². The van der Waals surface area contributed by atoms with Crippen molar-refractivity contribution in [2.45, 2.75) is 82.7 Å². The average molecular weight is 538 g/mol. The highest BCUT2D eigenvalue weighted by atomic mass is 35.5. The van der Waals surface area contributed by atoms with E-state index < -0.39 is 0 Å². The number of benzene rings is 2. The van der Waals surface area contributed by atoms with E-state index >= 15 is 0 Å². The summed E-state index contributed by atoms with van der Waals surface area (Å²) in [7, 11) is 2.24. The number of nitrogens with one attached hydrogen (secondary N) is 1. The molecule has 7 nitrogen and oxygen atoms in total. The van der Waals surface area contributed by atoms with Gasteiger partial charge in [-0.25, -0.2) is 0 Å².